The standard InChI is InChI=1S/C15H15ClN4O2S2/c1-9(14(21)22)18-7-17-15-19(8-18)20-12(24-15)6-23-13(20)10-2-4-11(16)5-3-10/h2-6,9,13H,7-8H2,1H3,(H,21,22). The van der Waals surface area contributed by atoms with Gasteiger partial charge in [0.15, 0.2) is 5.17 Å². The number of thioether (sulfide) groups is 2. The number of fused-ring (bicyclic) bond motifs is 3. The second-order valence-electron chi connectivity index (χ2n) is 5.67. The lowest BCUT2D eigenvalue weighted by atomic mass is 10.2. The Kier molecular flexibility index (Phi) is 4.16. The van der Waals surface area contributed by atoms with E-state index in [1.807, 2.05) is 29.2 Å². The molecular formula is C15H15ClN4O2S2. The predicted molar refractivity (Wildman–Crippen MR) is 97.2 cm³/mol. The van der Waals surface area contributed by atoms with E-state index < -0.39 is 12.0 Å². The van der Waals surface area contributed by atoms with Crippen molar-refractivity contribution in [2.75, 3.05) is 13.3 Å². The molecule has 0 bridgehead atoms. The number of halogens is 1. The zero-order valence-electron chi connectivity index (χ0n) is 12.8. The molecule has 1 N–H and O–H groups in total. The van der Waals surface area contributed by atoms with Gasteiger partial charge in [-0.1, -0.05) is 35.5 Å². The van der Waals surface area contributed by atoms with Gasteiger partial charge in [0.2, 0.25) is 0 Å². The Bertz CT molecular complexity index is 739. The monoisotopic (exact) mass is 382 g/mol. The number of carboxylic acid groups (broad SMARTS) is 1. The number of benzene rings is 1. The van der Waals surface area contributed by atoms with Crippen molar-refractivity contribution in [2.24, 2.45) is 4.99 Å². The highest BCUT2D eigenvalue weighted by molar-refractivity contribution is 8.18. The van der Waals surface area contributed by atoms with Crippen LogP contribution in [-0.2, 0) is 4.79 Å². The lowest BCUT2D eigenvalue weighted by molar-refractivity contribution is -0.144. The Balaban J connectivity index is 1.60. The number of hydrazine groups is 1. The molecule has 0 radical (unpaired) electrons. The number of aliphatic imine (C=N–C) groups is 1. The summed E-state index contributed by atoms with van der Waals surface area (Å²) in [5, 5.41) is 18.5. The van der Waals surface area contributed by atoms with Gasteiger partial charge < -0.3 is 5.11 Å². The highest BCUT2D eigenvalue weighted by Crippen LogP contribution is 2.52. The summed E-state index contributed by atoms with van der Waals surface area (Å²) in [6.45, 7) is 2.62. The van der Waals surface area contributed by atoms with Gasteiger partial charge in [0.1, 0.15) is 16.4 Å². The molecule has 6 nitrogen and oxygen atoms in total. The predicted octanol–water partition coefficient (Wildman–Crippen LogP) is 3.21. The molecule has 1 saturated heterocycles. The van der Waals surface area contributed by atoms with Crippen molar-refractivity contribution in [3.63, 3.8) is 0 Å². The molecule has 1 aromatic rings. The first-order valence-electron chi connectivity index (χ1n) is 7.41. The van der Waals surface area contributed by atoms with Gasteiger partial charge in [0, 0.05) is 10.4 Å². The number of rotatable bonds is 3. The van der Waals surface area contributed by atoms with Crippen LogP contribution >= 0.6 is 35.1 Å². The summed E-state index contributed by atoms with van der Waals surface area (Å²) in [5.41, 5.74) is 1.15. The maximum atomic E-state index is 11.3. The van der Waals surface area contributed by atoms with Crippen molar-refractivity contribution in [3.05, 3.63) is 45.3 Å². The highest BCUT2D eigenvalue weighted by Gasteiger charge is 2.44. The quantitative estimate of drug-likeness (QED) is 0.861. The highest BCUT2D eigenvalue weighted by atomic mass is 35.5. The minimum Gasteiger partial charge on any atom is -0.480 e. The van der Waals surface area contributed by atoms with E-state index in [9.17, 15) is 9.90 Å². The van der Waals surface area contributed by atoms with E-state index in [2.05, 4.69) is 20.4 Å². The van der Waals surface area contributed by atoms with Gasteiger partial charge in [0.25, 0.3) is 0 Å². The molecule has 126 valence electrons. The number of amidine groups is 1. The molecule has 1 aromatic carbocycles. The van der Waals surface area contributed by atoms with Crippen LogP contribution in [0.15, 0.2) is 39.7 Å². The number of nitrogens with zero attached hydrogens (tertiary/aromatic N) is 4. The third-order valence-electron chi connectivity index (χ3n) is 4.19. The van der Waals surface area contributed by atoms with E-state index in [0.717, 1.165) is 15.8 Å². The van der Waals surface area contributed by atoms with Crippen molar-refractivity contribution in [2.45, 2.75) is 18.3 Å². The first-order chi connectivity index (χ1) is 11.5. The van der Waals surface area contributed by atoms with Gasteiger partial charge in [-0.15, -0.1) is 0 Å². The molecule has 2 unspecified atom stereocenters. The summed E-state index contributed by atoms with van der Waals surface area (Å²) in [7, 11) is 0. The zero-order chi connectivity index (χ0) is 16.8. The maximum absolute atomic E-state index is 11.3. The van der Waals surface area contributed by atoms with Crippen LogP contribution in [0.5, 0.6) is 0 Å². The minimum atomic E-state index is -0.832. The van der Waals surface area contributed by atoms with Crippen molar-refractivity contribution in [3.8, 4) is 0 Å². The van der Waals surface area contributed by atoms with Crippen molar-refractivity contribution in [1.29, 1.82) is 0 Å². The molecule has 0 saturated carbocycles. The van der Waals surface area contributed by atoms with Gasteiger partial charge in [-0.05, 0) is 36.4 Å². The second-order valence-corrected chi connectivity index (χ2v) is 8.05. The van der Waals surface area contributed by atoms with Gasteiger partial charge in [0.05, 0.1) is 13.3 Å². The number of carbonyl (C=O) groups is 1. The van der Waals surface area contributed by atoms with E-state index in [1.165, 1.54) is 0 Å². The maximum Gasteiger partial charge on any atom is 0.320 e. The average molecular weight is 383 g/mol. The summed E-state index contributed by atoms with van der Waals surface area (Å²) in [6.07, 6.45) is 0. The van der Waals surface area contributed by atoms with E-state index in [1.54, 1.807) is 30.4 Å². The fourth-order valence-electron chi connectivity index (χ4n) is 2.76. The van der Waals surface area contributed by atoms with Gasteiger partial charge >= 0.3 is 5.97 Å². The van der Waals surface area contributed by atoms with Gasteiger partial charge in [-0.25, -0.2) is 10.0 Å². The Morgan fingerprint density at radius 1 is 1.42 bits per heavy atom. The fourth-order valence-corrected chi connectivity index (χ4v) is 5.18. The number of aliphatic carboxylic acids is 1. The van der Waals surface area contributed by atoms with Gasteiger partial charge in [-0.3, -0.25) is 14.7 Å². The number of hydrogen-bond donors (Lipinski definition) is 1. The molecular weight excluding hydrogens is 368 g/mol. The summed E-state index contributed by atoms with van der Waals surface area (Å²) in [6, 6.07) is 7.26. The molecule has 0 aromatic heterocycles. The van der Waals surface area contributed by atoms with Crippen LogP contribution in [0.1, 0.15) is 17.9 Å². The van der Waals surface area contributed by atoms with E-state index in [0.29, 0.717) is 18.4 Å². The Hall–Kier alpha value is -1.35. The third kappa shape index (κ3) is 2.67. The Morgan fingerprint density at radius 2 is 2.17 bits per heavy atom. The smallest absolute Gasteiger partial charge is 0.320 e. The number of hydrogen-bond acceptors (Lipinski definition) is 7. The average Bonchev–Trinajstić information content (AvgIpc) is 3.13. The van der Waals surface area contributed by atoms with Crippen LogP contribution in [0.25, 0.3) is 0 Å². The topological polar surface area (TPSA) is 59.4 Å². The van der Waals surface area contributed by atoms with Crippen LogP contribution in [0, 0.1) is 0 Å². The lowest BCUT2D eigenvalue weighted by Gasteiger charge is -2.39. The molecule has 0 amide bonds. The largest absolute Gasteiger partial charge is 0.480 e. The van der Waals surface area contributed by atoms with Crippen molar-refractivity contribution < 1.29 is 9.90 Å². The molecule has 3 aliphatic heterocycles. The fraction of sp³-hybridized carbons (Fsp3) is 0.333. The Morgan fingerprint density at radius 3 is 2.88 bits per heavy atom. The van der Waals surface area contributed by atoms with Crippen LogP contribution < -0.4 is 0 Å². The summed E-state index contributed by atoms with van der Waals surface area (Å²) < 4.78 is 0. The summed E-state index contributed by atoms with van der Waals surface area (Å²) in [4.78, 5) is 17.7. The van der Waals surface area contributed by atoms with Crippen LogP contribution in [-0.4, -0.2) is 50.5 Å². The molecule has 3 heterocycles. The molecule has 2 atom stereocenters. The molecule has 4 rings (SSSR count). The first-order valence-corrected chi connectivity index (χ1v) is 9.55. The molecule has 3 aliphatic rings. The van der Waals surface area contributed by atoms with Crippen LogP contribution in [0.2, 0.25) is 5.02 Å². The van der Waals surface area contributed by atoms with Gasteiger partial charge in [-0.2, -0.15) is 0 Å². The molecule has 24 heavy (non-hydrogen) atoms. The van der Waals surface area contributed by atoms with E-state index in [-0.39, 0.29) is 5.37 Å². The Labute approximate surface area is 153 Å². The van der Waals surface area contributed by atoms with Crippen molar-refractivity contribution in [1.82, 2.24) is 14.9 Å². The SMILES string of the molecule is CC(C(=O)O)N1CN=C2SC3=CSC(c4ccc(Cl)cc4)N3N2C1. The van der Waals surface area contributed by atoms with Crippen LogP contribution in [0.4, 0.5) is 0 Å². The van der Waals surface area contributed by atoms with Crippen LogP contribution in [0.3, 0.4) is 0 Å². The third-order valence-corrected chi connectivity index (χ3v) is 6.71. The summed E-state index contributed by atoms with van der Waals surface area (Å²) in [5.74, 6) is -0.832. The molecule has 1 fully saturated rings. The van der Waals surface area contributed by atoms with Crippen molar-refractivity contribution >= 4 is 46.3 Å². The first kappa shape index (κ1) is 16.1. The lowest BCUT2D eigenvalue weighted by Crippen LogP contribution is -2.53. The van der Waals surface area contributed by atoms with E-state index >= 15 is 0 Å². The zero-order valence-corrected chi connectivity index (χ0v) is 15.2. The minimum absolute atomic E-state index is 0.109. The normalized spacial score (nSPS) is 24.3. The number of carboxylic acids is 1. The molecule has 0 aliphatic carbocycles. The summed E-state index contributed by atoms with van der Waals surface area (Å²) >= 11 is 9.36. The molecule has 9 heteroatoms. The molecule has 0 spiro atoms. The van der Waals surface area contributed by atoms with E-state index in [4.69, 9.17) is 11.6 Å². The second kappa shape index (κ2) is 6.18.